The van der Waals surface area contributed by atoms with Crippen LogP contribution in [0, 0.1) is 12.8 Å². The Morgan fingerprint density at radius 2 is 2.07 bits per heavy atom. The van der Waals surface area contributed by atoms with Gasteiger partial charge in [0.15, 0.2) is 11.6 Å². The average molecular weight is 448 g/mol. The Labute approximate surface area is 168 Å². The molecule has 0 atom stereocenters. The summed E-state index contributed by atoms with van der Waals surface area (Å²) in [5, 5.41) is 15.4. The van der Waals surface area contributed by atoms with Crippen molar-refractivity contribution in [1.82, 2.24) is 15.4 Å². The van der Waals surface area contributed by atoms with Crippen LogP contribution in [0.3, 0.4) is 0 Å². The van der Waals surface area contributed by atoms with E-state index >= 15 is 0 Å². The molecule has 0 bridgehead atoms. The number of hydrogen-bond acceptors (Lipinski definition) is 7. The number of hydrogen-bond donors (Lipinski definition) is 1. The molecule has 0 radical (unpaired) electrons. The lowest BCUT2D eigenvalue weighted by Crippen LogP contribution is -2.38. The van der Waals surface area contributed by atoms with E-state index in [9.17, 15) is 4.79 Å². The lowest BCUT2D eigenvalue weighted by Gasteiger charge is -2.31. The summed E-state index contributed by atoms with van der Waals surface area (Å²) in [6.45, 7) is 3.34. The van der Waals surface area contributed by atoms with Crippen LogP contribution in [0.1, 0.15) is 18.6 Å². The van der Waals surface area contributed by atoms with E-state index in [0.29, 0.717) is 11.6 Å². The molecule has 0 aromatic carbocycles. The first-order valence-electron chi connectivity index (χ1n) is 8.67. The molecule has 1 amide bonds. The van der Waals surface area contributed by atoms with Gasteiger partial charge in [0.25, 0.3) is 0 Å². The number of nitrogens with zero attached hydrogens (tertiary/aromatic N) is 4. The first-order chi connectivity index (χ1) is 13.1. The third-order valence-electron chi connectivity index (χ3n) is 4.55. The number of nitrogens with one attached hydrogen (secondary N) is 1. The van der Waals surface area contributed by atoms with Crippen LogP contribution < -0.4 is 10.2 Å². The summed E-state index contributed by atoms with van der Waals surface area (Å²) in [6, 6.07) is 9.74. The molecule has 3 aromatic heterocycles. The van der Waals surface area contributed by atoms with Crippen LogP contribution in [-0.4, -0.2) is 34.4 Å². The van der Waals surface area contributed by atoms with Crippen molar-refractivity contribution in [3.8, 4) is 10.6 Å². The molecule has 3 aromatic rings. The molecule has 1 N–H and O–H groups in total. The van der Waals surface area contributed by atoms with Crippen LogP contribution in [0.25, 0.3) is 10.6 Å². The van der Waals surface area contributed by atoms with E-state index in [4.69, 9.17) is 4.52 Å². The summed E-state index contributed by atoms with van der Waals surface area (Å²) in [6.07, 6.45) is 1.54. The smallest absolute Gasteiger partial charge is 0.228 e. The fourth-order valence-electron chi connectivity index (χ4n) is 3.10. The number of anilines is 2. The standard InChI is InChI=1S/C18H18BrN5O2S/c1-11-10-16(23-26-11)20-18(25)12-6-8-24(9-7-12)17-5-2-13(21-22-17)14-3-4-15(19)27-14/h2-5,10,12H,6-9H2,1H3,(H,20,23,25). The number of piperidine rings is 1. The van der Waals surface area contributed by atoms with Crippen molar-refractivity contribution in [1.29, 1.82) is 0 Å². The zero-order valence-electron chi connectivity index (χ0n) is 14.7. The van der Waals surface area contributed by atoms with Crippen LogP contribution in [0.2, 0.25) is 0 Å². The van der Waals surface area contributed by atoms with Crippen LogP contribution in [0.4, 0.5) is 11.6 Å². The van der Waals surface area contributed by atoms with Gasteiger partial charge in [-0.15, -0.1) is 21.5 Å². The van der Waals surface area contributed by atoms with E-state index in [0.717, 1.165) is 46.1 Å². The summed E-state index contributed by atoms with van der Waals surface area (Å²) in [5.41, 5.74) is 0.867. The second-order valence-electron chi connectivity index (χ2n) is 6.45. The molecule has 140 valence electrons. The minimum atomic E-state index is -0.0334. The highest BCUT2D eigenvalue weighted by atomic mass is 79.9. The maximum Gasteiger partial charge on any atom is 0.228 e. The van der Waals surface area contributed by atoms with Gasteiger partial charge in [0.05, 0.1) is 8.66 Å². The van der Waals surface area contributed by atoms with Gasteiger partial charge in [0, 0.05) is 25.1 Å². The number of carbonyl (C=O) groups excluding carboxylic acids is 1. The fraction of sp³-hybridized carbons (Fsp3) is 0.333. The van der Waals surface area contributed by atoms with Crippen LogP contribution in [0.5, 0.6) is 0 Å². The maximum atomic E-state index is 12.4. The summed E-state index contributed by atoms with van der Waals surface area (Å²) >= 11 is 5.10. The molecule has 4 rings (SSSR count). The molecular formula is C18H18BrN5O2S. The van der Waals surface area contributed by atoms with Crippen molar-refractivity contribution >= 4 is 44.8 Å². The van der Waals surface area contributed by atoms with Crippen molar-refractivity contribution in [2.24, 2.45) is 5.92 Å². The highest BCUT2D eigenvalue weighted by molar-refractivity contribution is 9.11. The van der Waals surface area contributed by atoms with Gasteiger partial charge in [-0.1, -0.05) is 5.16 Å². The monoisotopic (exact) mass is 447 g/mol. The molecular weight excluding hydrogens is 430 g/mol. The molecule has 1 aliphatic heterocycles. The largest absolute Gasteiger partial charge is 0.360 e. The maximum absolute atomic E-state index is 12.4. The topological polar surface area (TPSA) is 84.2 Å². The first kappa shape index (κ1) is 18.1. The van der Waals surface area contributed by atoms with Gasteiger partial charge < -0.3 is 14.7 Å². The highest BCUT2D eigenvalue weighted by Gasteiger charge is 2.26. The number of aryl methyl sites for hydroxylation is 1. The Balaban J connectivity index is 1.34. The van der Waals surface area contributed by atoms with Crippen molar-refractivity contribution in [3.63, 3.8) is 0 Å². The average Bonchev–Trinajstić information content (AvgIpc) is 3.30. The molecule has 27 heavy (non-hydrogen) atoms. The van der Waals surface area contributed by atoms with Crippen molar-refractivity contribution in [3.05, 3.63) is 39.9 Å². The Morgan fingerprint density at radius 3 is 2.67 bits per heavy atom. The lowest BCUT2D eigenvalue weighted by molar-refractivity contribution is -0.120. The molecule has 9 heteroatoms. The second-order valence-corrected chi connectivity index (χ2v) is 8.92. The molecule has 1 aliphatic rings. The predicted molar refractivity (Wildman–Crippen MR) is 108 cm³/mol. The minimum absolute atomic E-state index is 0.00680. The summed E-state index contributed by atoms with van der Waals surface area (Å²) in [4.78, 5) is 15.6. The number of amides is 1. The normalized spacial score (nSPS) is 15.1. The molecule has 1 saturated heterocycles. The predicted octanol–water partition coefficient (Wildman–Crippen LogP) is 4.12. The zero-order chi connectivity index (χ0) is 18.8. The Kier molecular flexibility index (Phi) is 5.22. The fourth-order valence-corrected chi connectivity index (χ4v) is 4.45. The highest BCUT2D eigenvalue weighted by Crippen LogP contribution is 2.30. The summed E-state index contributed by atoms with van der Waals surface area (Å²) in [5.74, 6) is 1.96. The SMILES string of the molecule is Cc1cc(NC(=O)C2CCN(c3ccc(-c4ccc(Br)s4)nn3)CC2)no1. The quantitative estimate of drug-likeness (QED) is 0.647. The second kappa shape index (κ2) is 7.77. The van der Waals surface area contributed by atoms with E-state index < -0.39 is 0 Å². The van der Waals surface area contributed by atoms with E-state index in [1.165, 1.54) is 0 Å². The van der Waals surface area contributed by atoms with E-state index in [1.54, 1.807) is 24.3 Å². The van der Waals surface area contributed by atoms with Crippen molar-refractivity contribution < 1.29 is 9.32 Å². The Hall–Kier alpha value is -2.26. The Morgan fingerprint density at radius 1 is 1.26 bits per heavy atom. The lowest BCUT2D eigenvalue weighted by atomic mass is 9.96. The van der Waals surface area contributed by atoms with Gasteiger partial charge in [-0.3, -0.25) is 4.79 Å². The van der Waals surface area contributed by atoms with E-state index in [-0.39, 0.29) is 11.8 Å². The summed E-state index contributed by atoms with van der Waals surface area (Å²) < 4.78 is 6.05. The van der Waals surface area contributed by atoms with E-state index in [1.807, 2.05) is 24.3 Å². The number of rotatable bonds is 4. The van der Waals surface area contributed by atoms with Gasteiger partial charge in [0.1, 0.15) is 11.5 Å². The molecule has 1 fully saturated rings. The molecule has 0 aliphatic carbocycles. The third kappa shape index (κ3) is 4.19. The number of thiophene rings is 1. The van der Waals surface area contributed by atoms with Gasteiger partial charge in [-0.05, 0) is 60.0 Å². The van der Waals surface area contributed by atoms with Crippen molar-refractivity contribution in [2.45, 2.75) is 19.8 Å². The third-order valence-corrected chi connectivity index (χ3v) is 6.19. The molecule has 0 unspecified atom stereocenters. The number of aromatic nitrogens is 3. The zero-order valence-corrected chi connectivity index (χ0v) is 17.1. The van der Waals surface area contributed by atoms with Gasteiger partial charge in [-0.2, -0.15) is 0 Å². The molecule has 4 heterocycles. The van der Waals surface area contributed by atoms with E-state index in [2.05, 4.69) is 41.5 Å². The number of carbonyl (C=O) groups is 1. The first-order valence-corrected chi connectivity index (χ1v) is 10.3. The Bertz CT molecular complexity index is 931. The van der Waals surface area contributed by atoms with Gasteiger partial charge in [0.2, 0.25) is 5.91 Å². The van der Waals surface area contributed by atoms with Gasteiger partial charge in [-0.25, -0.2) is 0 Å². The molecule has 7 nitrogen and oxygen atoms in total. The van der Waals surface area contributed by atoms with Crippen LogP contribution in [-0.2, 0) is 4.79 Å². The van der Waals surface area contributed by atoms with Crippen molar-refractivity contribution in [2.75, 3.05) is 23.3 Å². The molecule has 0 saturated carbocycles. The minimum Gasteiger partial charge on any atom is -0.360 e. The van der Waals surface area contributed by atoms with Gasteiger partial charge >= 0.3 is 0 Å². The summed E-state index contributed by atoms with van der Waals surface area (Å²) in [7, 11) is 0. The number of halogens is 1. The van der Waals surface area contributed by atoms with Crippen LogP contribution >= 0.6 is 27.3 Å². The van der Waals surface area contributed by atoms with Crippen LogP contribution in [0.15, 0.2) is 38.6 Å². The molecule has 0 spiro atoms.